The third-order valence-electron chi connectivity index (χ3n) is 4.20. The van der Waals surface area contributed by atoms with Gasteiger partial charge >= 0.3 is 0 Å². The summed E-state index contributed by atoms with van der Waals surface area (Å²) in [7, 11) is 0. The number of rotatable bonds is 3. The molecule has 2 aromatic carbocycles. The molecule has 0 saturated carbocycles. The van der Waals surface area contributed by atoms with Gasteiger partial charge in [0, 0.05) is 16.0 Å². The van der Waals surface area contributed by atoms with E-state index in [2.05, 4.69) is 0 Å². The van der Waals surface area contributed by atoms with Crippen molar-refractivity contribution in [2.45, 2.75) is 19.8 Å². The molecule has 1 atom stereocenters. The normalized spacial score (nSPS) is 17.9. The highest BCUT2D eigenvalue weighted by molar-refractivity contribution is 6.31. The van der Waals surface area contributed by atoms with Gasteiger partial charge < -0.3 is 0 Å². The van der Waals surface area contributed by atoms with Crippen LogP contribution < -0.4 is 0 Å². The zero-order valence-electron chi connectivity index (χ0n) is 12.3. The van der Waals surface area contributed by atoms with Gasteiger partial charge in [-0.15, -0.1) is 0 Å². The standard InChI is InChI=1S/C19H16Cl2O/c1-12(22)17-10-11-18(13-2-6-15(20)7-3-13)19(17)14-4-8-16(21)9-5-14/h2-9,17H,10-11H2,1H3. The number of benzene rings is 2. The van der Waals surface area contributed by atoms with Gasteiger partial charge in [0.25, 0.3) is 0 Å². The van der Waals surface area contributed by atoms with Crippen molar-refractivity contribution >= 4 is 40.1 Å². The molecule has 0 amide bonds. The van der Waals surface area contributed by atoms with Crippen LogP contribution in [0.5, 0.6) is 0 Å². The molecule has 0 heterocycles. The lowest BCUT2D eigenvalue weighted by Crippen LogP contribution is -2.09. The molecule has 3 heteroatoms. The second kappa shape index (κ2) is 6.28. The first-order chi connectivity index (χ1) is 10.6. The summed E-state index contributed by atoms with van der Waals surface area (Å²) in [5.74, 6) is 0.181. The van der Waals surface area contributed by atoms with E-state index >= 15 is 0 Å². The van der Waals surface area contributed by atoms with Crippen molar-refractivity contribution in [1.29, 1.82) is 0 Å². The van der Waals surface area contributed by atoms with Gasteiger partial charge in [-0.05, 0) is 66.3 Å². The van der Waals surface area contributed by atoms with Gasteiger partial charge in [0.05, 0.1) is 0 Å². The molecule has 3 rings (SSSR count). The maximum Gasteiger partial charge on any atom is 0.137 e. The minimum absolute atomic E-state index is 0.0353. The second-order valence-electron chi connectivity index (χ2n) is 5.61. The third kappa shape index (κ3) is 2.97. The predicted molar refractivity (Wildman–Crippen MR) is 93.1 cm³/mol. The first-order valence-electron chi connectivity index (χ1n) is 7.31. The molecule has 112 valence electrons. The van der Waals surface area contributed by atoms with Crippen LogP contribution in [0, 0.1) is 5.92 Å². The average Bonchev–Trinajstić information content (AvgIpc) is 2.94. The monoisotopic (exact) mass is 330 g/mol. The van der Waals surface area contributed by atoms with Crippen LogP contribution in [0.2, 0.25) is 10.0 Å². The molecule has 0 saturated heterocycles. The molecule has 0 aromatic heterocycles. The van der Waals surface area contributed by atoms with Gasteiger partial charge in [-0.2, -0.15) is 0 Å². The lowest BCUT2D eigenvalue weighted by molar-refractivity contribution is -0.119. The molecular formula is C19H16Cl2O. The smallest absolute Gasteiger partial charge is 0.137 e. The summed E-state index contributed by atoms with van der Waals surface area (Å²) < 4.78 is 0. The maximum absolute atomic E-state index is 12.0. The Morgan fingerprint density at radius 3 is 1.91 bits per heavy atom. The Morgan fingerprint density at radius 2 is 1.41 bits per heavy atom. The number of hydrogen-bond acceptors (Lipinski definition) is 1. The van der Waals surface area contributed by atoms with E-state index in [1.165, 1.54) is 5.57 Å². The lowest BCUT2D eigenvalue weighted by Gasteiger charge is -2.14. The van der Waals surface area contributed by atoms with Gasteiger partial charge in [-0.1, -0.05) is 47.5 Å². The van der Waals surface area contributed by atoms with Gasteiger partial charge in [0.2, 0.25) is 0 Å². The molecule has 0 bridgehead atoms. The van der Waals surface area contributed by atoms with Crippen LogP contribution in [-0.4, -0.2) is 5.78 Å². The highest BCUT2D eigenvalue weighted by Crippen LogP contribution is 2.44. The number of ketones is 1. The molecule has 0 spiro atoms. The highest BCUT2D eigenvalue weighted by Gasteiger charge is 2.30. The Kier molecular flexibility index (Phi) is 4.37. The summed E-state index contributed by atoms with van der Waals surface area (Å²) in [6.45, 7) is 1.67. The fourth-order valence-electron chi connectivity index (χ4n) is 3.14. The molecule has 0 aliphatic heterocycles. The van der Waals surface area contributed by atoms with Crippen molar-refractivity contribution in [2.75, 3.05) is 0 Å². The molecular weight excluding hydrogens is 315 g/mol. The van der Waals surface area contributed by atoms with Crippen LogP contribution in [0.15, 0.2) is 48.5 Å². The van der Waals surface area contributed by atoms with Crippen LogP contribution in [0.4, 0.5) is 0 Å². The number of allylic oxidation sites excluding steroid dienone is 2. The van der Waals surface area contributed by atoms with Crippen LogP contribution in [-0.2, 0) is 4.79 Å². The Morgan fingerprint density at radius 1 is 0.909 bits per heavy atom. The Balaban J connectivity index is 2.14. The van der Waals surface area contributed by atoms with Crippen molar-refractivity contribution in [1.82, 2.24) is 0 Å². The van der Waals surface area contributed by atoms with Crippen molar-refractivity contribution < 1.29 is 4.79 Å². The minimum Gasteiger partial charge on any atom is -0.299 e. The van der Waals surface area contributed by atoms with Gasteiger partial charge in [-0.3, -0.25) is 4.79 Å². The number of carbonyl (C=O) groups is 1. The zero-order valence-corrected chi connectivity index (χ0v) is 13.8. The van der Waals surface area contributed by atoms with Crippen molar-refractivity contribution in [3.63, 3.8) is 0 Å². The number of hydrogen-bond donors (Lipinski definition) is 0. The molecule has 0 N–H and O–H groups in total. The SMILES string of the molecule is CC(=O)C1CCC(c2ccc(Cl)cc2)=C1c1ccc(Cl)cc1. The molecule has 0 fully saturated rings. The summed E-state index contributed by atoms with van der Waals surface area (Å²) in [6.07, 6.45) is 1.77. The largest absolute Gasteiger partial charge is 0.299 e. The van der Waals surface area contributed by atoms with E-state index in [9.17, 15) is 4.79 Å². The molecule has 0 radical (unpaired) electrons. The number of carbonyl (C=O) groups excluding carboxylic acids is 1. The Labute approximate surface area is 140 Å². The first-order valence-corrected chi connectivity index (χ1v) is 8.07. The summed E-state index contributed by atoms with van der Waals surface area (Å²) >= 11 is 12.0. The fourth-order valence-corrected chi connectivity index (χ4v) is 3.39. The quantitative estimate of drug-likeness (QED) is 0.684. The van der Waals surface area contributed by atoms with Crippen LogP contribution in [0.3, 0.4) is 0 Å². The van der Waals surface area contributed by atoms with Gasteiger partial charge in [0.15, 0.2) is 0 Å². The number of halogens is 2. The van der Waals surface area contributed by atoms with E-state index in [-0.39, 0.29) is 11.7 Å². The minimum atomic E-state index is -0.0353. The summed E-state index contributed by atoms with van der Waals surface area (Å²) in [4.78, 5) is 12.0. The summed E-state index contributed by atoms with van der Waals surface area (Å²) in [6, 6.07) is 15.6. The van der Waals surface area contributed by atoms with Gasteiger partial charge in [-0.25, -0.2) is 0 Å². The topological polar surface area (TPSA) is 17.1 Å². The fraction of sp³-hybridized carbons (Fsp3) is 0.211. The van der Waals surface area contributed by atoms with Crippen molar-refractivity contribution in [3.8, 4) is 0 Å². The maximum atomic E-state index is 12.0. The number of Topliss-reactive ketones (excluding diaryl/α,β-unsaturated/α-hetero) is 1. The first kappa shape index (κ1) is 15.3. The Hall–Kier alpha value is -1.57. The van der Waals surface area contributed by atoms with E-state index in [1.54, 1.807) is 6.92 Å². The van der Waals surface area contributed by atoms with E-state index in [0.717, 1.165) is 34.6 Å². The zero-order chi connectivity index (χ0) is 15.7. The van der Waals surface area contributed by atoms with Crippen LogP contribution >= 0.6 is 23.2 Å². The molecule has 1 aliphatic rings. The third-order valence-corrected chi connectivity index (χ3v) is 4.70. The van der Waals surface area contributed by atoms with Crippen LogP contribution in [0.1, 0.15) is 30.9 Å². The molecule has 1 nitrogen and oxygen atoms in total. The second-order valence-corrected chi connectivity index (χ2v) is 6.48. The summed E-state index contributed by atoms with van der Waals surface area (Å²) in [5, 5.41) is 1.42. The predicted octanol–water partition coefficient (Wildman–Crippen LogP) is 5.90. The molecule has 1 aliphatic carbocycles. The molecule has 22 heavy (non-hydrogen) atoms. The van der Waals surface area contributed by atoms with E-state index < -0.39 is 0 Å². The van der Waals surface area contributed by atoms with Gasteiger partial charge in [0.1, 0.15) is 5.78 Å². The van der Waals surface area contributed by atoms with Crippen molar-refractivity contribution in [3.05, 3.63) is 69.7 Å². The summed E-state index contributed by atoms with van der Waals surface area (Å²) in [5.41, 5.74) is 4.58. The van der Waals surface area contributed by atoms with E-state index in [4.69, 9.17) is 23.2 Å². The van der Waals surface area contributed by atoms with Crippen LogP contribution in [0.25, 0.3) is 11.1 Å². The van der Waals surface area contributed by atoms with Crippen molar-refractivity contribution in [2.24, 2.45) is 5.92 Å². The highest BCUT2D eigenvalue weighted by atomic mass is 35.5. The van der Waals surface area contributed by atoms with E-state index in [1.807, 2.05) is 48.5 Å². The molecule has 2 aromatic rings. The average molecular weight is 331 g/mol. The van der Waals surface area contributed by atoms with E-state index in [0.29, 0.717) is 5.02 Å². The lowest BCUT2D eigenvalue weighted by atomic mass is 9.89. The molecule has 1 unspecified atom stereocenters. The Bertz CT molecular complexity index is 727.